The molecule has 0 aliphatic carbocycles. The molecule has 1 rings (SSSR count). The molecular weight excluding hydrogens is 245 g/mol. The molecule has 0 N–H and O–H groups in total. The van der Waals surface area contributed by atoms with E-state index >= 15 is 0 Å². The van der Waals surface area contributed by atoms with Crippen LogP contribution in [-0.2, 0) is 0 Å². The molecule has 0 fully saturated rings. The van der Waals surface area contributed by atoms with Gasteiger partial charge >= 0.3 is 0 Å². The molecule has 1 amide bonds. The number of hydrogen-bond acceptors (Lipinski definition) is 1. The Labute approximate surface area is 106 Å². The largest absolute Gasteiger partial charge is 0.338 e. The molecule has 1 aromatic rings. The van der Waals surface area contributed by atoms with Gasteiger partial charge in [0.1, 0.15) is 0 Å². The number of aryl methyl sites for hydroxylation is 1. The van der Waals surface area contributed by atoms with Crippen LogP contribution in [0.4, 0.5) is 0 Å². The topological polar surface area (TPSA) is 20.3 Å². The maximum Gasteiger partial charge on any atom is 0.255 e. The maximum absolute atomic E-state index is 12.1. The van der Waals surface area contributed by atoms with Crippen molar-refractivity contribution in [2.45, 2.75) is 13.8 Å². The lowest BCUT2D eigenvalue weighted by molar-refractivity contribution is 0.0774. The molecular formula is C12H15Cl2NO. The second-order valence-electron chi connectivity index (χ2n) is 3.51. The van der Waals surface area contributed by atoms with Gasteiger partial charge in [-0.2, -0.15) is 0 Å². The summed E-state index contributed by atoms with van der Waals surface area (Å²) in [4.78, 5) is 13.8. The van der Waals surface area contributed by atoms with Gasteiger partial charge in [-0.15, -0.1) is 11.6 Å². The van der Waals surface area contributed by atoms with Gasteiger partial charge in [0.2, 0.25) is 0 Å². The van der Waals surface area contributed by atoms with E-state index in [1.807, 2.05) is 26.0 Å². The van der Waals surface area contributed by atoms with Gasteiger partial charge in [0.25, 0.3) is 5.91 Å². The minimum Gasteiger partial charge on any atom is -0.338 e. The highest BCUT2D eigenvalue weighted by Crippen LogP contribution is 2.21. The van der Waals surface area contributed by atoms with Crippen molar-refractivity contribution >= 4 is 29.1 Å². The highest BCUT2D eigenvalue weighted by Gasteiger charge is 2.17. The molecule has 0 bridgehead atoms. The van der Waals surface area contributed by atoms with Crippen LogP contribution in [0, 0.1) is 6.92 Å². The monoisotopic (exact) mass is 259 g/mol. The summed E-state index contributed by atoms with van der Waals surface area (Å²) in [6.45, 7) is 4.99. The van der Waals surface area contributed by atoms with Gasteiger partial charge < -0.3 is 4.90 Å². The lowest BCUT2D eigenvalue weighted by Gasteiger charge is -2.20. The molecule has 0 heterocycles. The van der Waals surface area contributed by atoms with Gasteiger partial charge in [0.15, 0.2) is 0 Å². The molecule has 0 aromatic heterocycles. The fourth-order valence-electron chi connectivity index (χ4n) is 1.49. The van der Waals surface area contributed by atoms with Crippen LogP contribution < -0.4 is 0 Å². The summed E-state index contributed by atoms with van der Waals surface area (Å²) in [6, 6.07) is 5.47. The molecule has 0 saturated carbocycles. The van der Waals surface area contributed by atoms with Gasteiger partial charge in [-0.3, -0.25) is 4.79 Å². The van der Waals surface area contributed by atoms with Crippen molar-refractivity contribution in [3.05, 3.63) is 34.3 Å². The zero-order valence-electron chi connectivity index (χ0n) is 9.46. The third-order valence-corrected chi connectivity index (χ3v) is 3.12. The zero-order valence-corrected chi connectivity index (χ0v) is 11.0. The number of benzene rings is 1. The molecule has 1 aromatic carbocycles. The van der Waals surface area contributed by atoms with Crippen LogP contribution >= 0.6 is 23.2 Å². The van der Waals surface area contributed by atoms with Gasteiger partial charge in [0.05, 0.1) is 10.6 Å². The van der Waals surface area contributed by atoms with E-state index in [0.717, 1.165) is 5.56 Å². The lowest BCUT2D eigenvalue weighted by atomic mass is 10.1. The molecule has 2 nitrogen and oxygen atoms in total. The van der Waals surface area contributed by atoms with Crippen LogP contribution in [0.1, 0.15) is 22.8 Å². The summed E-state index contributed by atoms with van der Waals surface area (Å²) in [6.07, 6.45) is 0. The number of carbonyl (C=O) groups is 1. The summed E-state index contributed by atoms with van der Waals surface area (Å²) < 4.78 is 0. The molecule has 0 radical (unpaired) electrons. The van der Waals surface area contributed by atoms with E-state index in [1.165, 1.54) is 0 Å². The van der Waals surface area contributed by atoms with E-state index in [0.29, 0.717) is 29.6 Å². The smallest absolute Gasteiger partial charge is 0.255 e. The average molecular weight is 260 g/mol. The standard InChI is InChI=1S/C12H15Cl2NO/c1-3-15(8-7-13)12(16)10-6-4-5-9(2)11(10)14/h4-6H,3,7-8H2,1-2H3. The van der Waals surface area contributed by atoms with Crippen molar-refractivity contribution in [2.24, 2.45) is 0 Å². The maximum atomic E-state index is 12.1. The quantitative estimate of drug-likeness (QED) is 0.760. The molecule has 16 heavy (non-hydrogen) atoms. The number of amides is 1. The fourth-order valence-corrected chi connectivity index (χ4v) is 1.90. The highest BCUT2D eigenvalue weighted by molar-refractivity contribution is 6.34. The lowest BCUT2D eigenvalue weighted by Crippen LogP contribution is -2.32. The molecule has 0 aliphatic rings. The minimum atomic E-state index is -0.0585. The van der Waals surface area contributed by atoms with Gasteiger partial charge in [-0.1, -0.05) is 23.7 Å². The van der Waals surface area contributed by atoms with Crippen molar-refractivity contribution in [1.82, 2.24) is 4.90 Å². The highest BCUT2D eigenvalue weighted by atomic mass is 35.5. The first-order chi connectivity index (χ1) is 7.61. The predicted octanol–water partition coefficient (Wildman–Crippen LogP) is 3.35. The predicted molar refractivity (Wildman–Crippen MR) is 68.5 cm³/mol. The normalized spacial score (nSPS) is 10.2. The summed E-state index contributed by atoms with van der Waals surface area (Å²) in [5.74, 6) is 0.375. The summed E-state index contributed by atoms with van der Waals surface area (Å²) >= 11 is 11.8. The van der Waals surface area contributed by atoms with Crippen molar-refractivity contribution < 1.29 is 4.79 Å². The first kappa shape index (κ1) is 13.3. The van der Waals surface area contributed by atoms with Crippen molar-refractivity contribution in [3.63, 3.8) is 0 Å². The number of hydrogen-bond donors (Lipinski definition) is 0. The van der Waals surface area contributed by atoms with Crippen LogP contribution in [0.2, 0.25) is 5.02 Å². The molecule has 0 saturated heterocycles. The van der Waals surface area contributed by atoms with E-state index < -0.39 is 0 Å². The second kappa shape index (κ2) is 6.12. The van der Waals surface area contributed by atoms with E-state index in [1.54, 1.807) is 11.0 Å². The Hall–Kier alpha value is -0.730. The molecule has 88 valence electrons. The number of alkyl halides is 1. The van der Waals surface area contributed by atoms with Crippen LogP contribution in [0.5, 0.6) is 0 Å². The number of carbonyl (C=O) groups excluding carboxylic acids is 1. The van der Waals surface area contributed by atoms with Crippen molar-refractivity contribution in [2.75, 3.05) is 19.0 Å². The van der Waals surface area contributed by atoms with Gasteiger partial charge in [-0.25, -0.2) is 0 Å². The Morgan fingerprint density at radius 2 is 2.12 bits per heavy atom. The number of nitrogens with zero attached hydrogens (tertiary/aromatic N) is 1. The van der Waals surface area contributed by atoms with Gasteiger partial charge in [-0.05, 0) is 25.5 Å². The van der Waals surface area contributed by atoms with E-state index in [9.17, 15) is 4.79 Å². The van der Waals surface area contributed by atoms with Crippen LogP contribution in [0.15, 0.2) is 18.2 Å². The van der Waals surface area contributed by atoms with Crippen LogP contribution in [0.25, 0.3) is 0 Å². The van der Waals surface area contributed by atoms with Crippen molar-refractivity contribution in [1.29, 1.82) is 0 Å². The summed E-state index contributed by atoms with van der Waals surface area (Å²) in [5, 5.41) is 0.528. The number of rotatable bonds is 4. The first-order valence-electron chi connectivity index (χ1n) is 5.22. The Morgan fingerprint density at radius 1 is 1.44 bits per heavy atom. The van der Waals surface area contributed by atoms with Crippen LogP contribution in [0.3, 0.4) is 0 Å². The number of halogens is 2. The zero-order chi connectivity index (χ0) is 12.1. The fraction of sp³-hybridized carbons (Fsp3) is 0.417. The molecule has 0 spiro atoms. The minimum absolute atomic E-state index is 0.0585. The SMILES string of the molecule is CCN(CCCl)C(=O)c1cccc(C)c1Cl. The Morgan fingerprint density at radius 3 is 2.69 bits per heavy atom. The van der Waals surface area contributed by atoms with E-state index in [-0.39, 0.29) is 5.91 Å². The second-order valence-corrected chi connectivity index (χ2v) is 4.27. The molecule has 4 heteroatoms. The summed E-state index contributed by atoms with van der Waals surface area (Å²) in [5.41, 5.74) is 1.46. The Kier molecular flexibility index (Phi) is 5.10. The van der Waals surface area contributed by atoms with Gasteiger partial charge in [0, 0.05) is 19.0 Å². The average Bonchev–Trinajstić information content (AvgIpc) is 2.29. The Balaban J connectivity index is 2.99. The first-order valence-corrected chi connectivity index (χ1v) is 6.13. The summed E-state index contributed by atoms with van der Waals surface area (Å²) in [7, 11) is 0. The third-order valence-electron chi connectivity index (χ3n) is 2.45. The van der Waals surface area contributed by atoms with Crippen molar-refractivity contribution in [3.8, 4) is 0 Å². The molecule has 0 atom stereocenters. The molecule has 0 aliphatic heterocycles. The molecule has 0 unspecified atom stereocenters. The van der Waals surface area contributed by atoms with Crippen LogP contribution in [-0.4, -0.2) is 29.8 Å². The van der Waals surface area contributed by atoms with E-state index in [2.05, 4.69) is 0 Å². The Bertz CT molecular complexity index is 379. The van der Waals surface area contributed by atoms with E-state index in [4.69, 9.17) is 23.2 Å². The third kappa shape index (κ3) is 2.89.